The molecule has 0 amide bonds. The van der Waals surface area contributed by atoms with Crippen LogP contribution in [0.25, 0.3) is 11.0 Å². The molecular formula is C16H22N2OS. The number of rotatable bonds is 5. The Morgan fingerprint density at radius 2 is 2.15 bits per heavy atom. The molecule has 1 aromatic heterocycles. The fourth-order valence-electron chi connectivity index (χ4n) is 3.38. The molecule has 0 atom stereocenters. The summed E-state index contributed by atoms with van der Waals surface area (Å²) in [4.78, 5) is 3.28. The largest absolute Gasteiger partial charge is 0.494 e. The fourth-order valence-corrected chi connectivity index (χ4v) is 3.67. The van der Waals surface area contributed by atoms with Gasteiger partial charge in [-0.1, -0.05) is 31.7 Å². The highest BCUT2D eigenvalue weighted by Crippen LogP contribution is 2.29. The van der Waals surface area contributed by atoms with Crippen LogP contribution >= 0.6 is 12.2 Å². The van der Waals surface area contributed by atoms with Gasteiger partial charge in [-0.2, -0.15) is 0 Å². The summed E-state index contributed by atoms with van der Waals surface area (Å²) in [5.74, 6) is 1.81. The highest BCUT2D eigenvalue weighted by molar-refractivity contribution is 7.71. The predicted molar refractivity (Wildman–Crippen MR) is 84.9 cm³/mol. The maximum absolute atomic E-state index is 5.46. The lowest BCUT2D eigenvalue weighted by atomic mass is 10.0. The van der Waals surface area contributed by atoms with Gasteiger partial charge >= 0.3 is 0 Å². The van der Waals surface area contributed by atoms with Crippen molar-refractivity contribution in [1.29, 1.82) is 0 Å². The Morgan fingerprint density at radius 1 is 1.35 bits per heavy atom. The number of benzene rings is 1. The fraction of sp³-hybridized carbons (Fsp3) is 0.562. The van der Waals surface area contributed by atoms with Gasteiger partial charge in [-0.25, -0.2) is 0 Å². The van der Waals surface area contributed by atoms with E-state index in [1.165, 1.54) is 38.5 Å². The van der Waals surface area contributed by atoms with Crippen molar-refractivity contribution >= 4 is 23.3 Å². The number of fused-ring (bicyclic) bond motifs is 1. The molecule has 3 nitrogen and oxygen atoms in total. The molecule has 4 heteroatoms. The maximum Gasteiger partial charge on any atom is 0.178 e. The number of hydrogen-bond acceptors (Lipinski definition) is 2. The van der Waals surface area contributed by atoms with Crippen molar-refractivity contribution in [2.75, 3.05) is 7.11 Å². The summed E-state index contributed by atoms with van der Waals surface area (Å²) in [7, 11) is 1.70. The minimum absolute atomic E-state index is 0.802. The van der Waals surface area contributed by atoms with Crippen LogP contribution in [0.15, 0.2) is 18.2 Å². The molecule has 0 spiro atoms. The third-order valence-electron chi connectivity index (χ3n) is 4.46. The van der Waals surface area contributed by atoms with Gasteiger partial charge in [0.1, 0.15) is 11.3 Å². The van der Waals surface area contributed by atoms with E-state index in [-0.39, 0.29) is 0 Å². The highest BCUT2D eigenvalue weighted by Gasteiger charge is 2.15. The van der Waals surface area contributed by atoms with E-state index < -0.39 is 0 Å². The number of aromatic amines is 1. The first-order chi connectivity index (χ1) is 9.79. The van der Waals surface area contributed by atoms with Gasteiger partial charge in [-0.05, 0) is 43.1 Å². The van der Waals surface area contributed by atoms with Gasteiger partial charge in [-0.15, -0.1) is 0 Å². The van der Waals surface area contributed by atoms with Crippen molar-refractivity contribution < 1.29 is 4.74 Å². The molecule has 1 aromatic carbocycles. The second-order valence-corrected chi connectivity index (χ2v) is 6.12. The first-order valence-electron chi connectivity index (χ1n) is 7.55. The summed E-state index contributed by atoms with van der Waals surface area (Å²) in [5, 5.41) is 0. The second kappa shape index (κ2) is 6.00. The summed E-state index contributed by atoms with van der Waals surface area (Å²) in [6.45, 7) is 1.00. The third-order valence-corrected chi connectivity index (χ3v) is 4.78. The lowest BCUT2D eigenvalue weighted by molar-refractivity contribution is 0.419. The molecule has 0 radical (unpaired) electrons. The first kappa shape index (κ1) is 13.7. The molecule has 1 saturated carbocycles. The summed E-state index contributed by atoms with van der Waals surface area (Å²) in [6, 6.07) is 6.10. The van der Waals surface area contributed by atoms with E-state index in [1.807, 2.05) is 12.1 Å². The van der Waals surface area contributed by atoms with Gasteiger partial charge in [0.05, 0.1) is 12.6 Å². The summed E-state index contributed by atoms with van der Waals surface area (Å²) in [5.41, 5.74) is 2.17. The zero-order valence-corrected chi connectivity index (χ0v) is 12.8. The molecule has 1 aliphatic carbocycles. The number of imidazole rings is 1. The standard InChI is InChI=1S/C16H22N2OS/c1-19-14-10-4-9-13-15(14)17-16(20)18(13)11-5-8-12-6-2-3-7-12/h4,9-10,12H,2-3,5-8,11H2,1H3,(H,17,20). The third kappa shape index (κ3) is 2.62. The molecule has 1 fully saturated rings. The number of nitrogens with zero attached hydrogens (tertiary/aromatic N) is 1. The Morgan fingerprint density at radius 3 is 2.90 bits per heavy atom. The van der Waals surface area contributed by atoms with Crippen molar-refractivity contribution in [3.63, 3.8) is 0 Å². The molecule has 0 unspecified atom stereocenters. The van der Waals surface area contributed by atoms with Crippen LogP contribution in [0, 0.1) is 10.7 Å². The maximum atomic E-state index is 5.46. The second-order valence-electron chi connectivity index (χ2n) is 5.73. The number of aromatic nitrogens is 2. The van der Waals surface area contributed by atoms with Gasteiger partial charge in [0.25, 0.3) is 0 Å². The molecule has 0 aliphatic heterocycles. The quantitative estimate of drug-likeness (QED) is 0.810. The Balaban J connectivity index is 1.77. The normalized spacial score (nSPS) is 16.1. The molecule has 1 aliphatic rings. The molecule has 20 heavy (non-hydrogen) atoms. The predicted octanol–water partition coefficient (Wildman–Crippen LogP) is 4.68. The average molecular weight is 290 g/mol. The van der Waals surface area contributed by atoms with E-state index >= 15 is 0 Å². The number of ether oxygens (including phenoxy) is 1. The molecule has 1 heterocycles. The summed E-state index contributed by atoms with van der Waals surface area (Å²) in [6.07, 6.45) is 8.24. The van der Waals surface area contributed by atoms with Crippen LogP contribution in [0.3, 0.4) is 0 Å². The summed E-state index contributed by atoms with van der Waals surface area (Å²) >= 11 is 5.46. The van der Waals surface area contributed by atoms with Gasteiger partial charge in [0, 0.05) is 6.54 Å². The molecule has 108 valence electrons. The number of para-hydroxylation sites is 1. The van der Waals surface area contributed by atoms with Crippen molar-refractivity contribution in [1.82, 2.24) is 9.55 Å². The Bertz CT molecular complexity index is 637. The number of aryl methyl sites for hydroxylation is 1. The monoisotopic (exact) mass is 290 g/mol. The van der Waals surface area contributed by atoms with Crippen LogP contribution < -0.4 is 4.74 Å². The van der Waals surface area contributed by atoms with Crippen LogP contribution in [0.4, 0.5) is 0 Å². The Hall–Kier alpha value is -1.29. The van der Waals surface area contributed by atoms with Gasteiger partial charge in [0.15, 0.2) is 4.77 Å². The van der Waals surface area contributed by atoms with Crippen molar-refractivity contribution in [2.45, 2.75) is 45.1 Å². The van der Waals surface area contributed by atoms with Crippen LogP contribution in [-0.4, -0.2) is 16.7 Å². The van der Waals surface area contributed by atoms with E-state index in [4.69, 9.17) is 17.0 Å². The number of hydrogen-bond donors (Lipinski definition) is 1. The first-order valence-corrected chi connectivity index (χ1v) is 7.96. The minimum atomic E-state index is 0.802. The Labute approximate surface area is 125 Å². The lowest BCUT2D eigenvalue weighted by Crippen LogP contribution is -2.01. The SMILES string of the molecule is COc1cccc2c1[nH]c(=S)n2CCCC1CCCC1. The van der Waals surface area contributed by atoms with Crippen LogP contribution in [0.2, 0.25) is 0 Å². The van der Waals surface area contributed by atoms with E-state index in [2.05, 4.69) is 15.6 Å². The number of H-pyrrole nitrogens is 1. The van der Waals surface area contributed by atoms with E-state index in [1.54, 1.807) is 7.11 Å². The molecular weight excluding hydrogens is 268 g/mol. The van der Waals surface area contributed by atoms with Crippen LogP contribution in [0.5, 0.6) is 5.75 Å². The molecule has 3 rings (SSSR count). The number of nitrogens with one attached hydrogen (secondary N) is 1. The van der Waals surface area contributed by atoms with Crippen molar-refractivity contribution in [3.8, 4) is 5.75 Å². The molecule has 2 aromatic rings. The van der Waals surface area contributed by atoms with E-state index in [0.29, 0.717) is 0 Å². The topological polar surface area (TPSA) is 29.9 Å². The van der Waals surface area contributed by atoms with Crippen LogP contribution in [0.1, 0.15) is 38.5 Å². The van der Waals surface area contributed by atoms with E-state index in [0.717, 1.165) is 34.0 Å². The number of methoxy groups -OCH3 is 1. The van der Waals surface area contributed by atoms with E-state index in [9.17, 15) is 0 Å². The lowest BCUT2D eigenvalue weighted by Gasteiger charge is -2.09. The van der Waals surface area contributed by atoms with Crippen molar-refractivity contribution in [3.05, 3.63) is 23.0 Å². The highest BCUT2D eigenvalue weighted by atomic mass is 32.1. The van der Waals surface area contributed by atoms with Gasteiger partial charge in [-0.3, -0.25) is 0 Å². The van der Waals surface area contributed by atoms with Crippen molar-refractivity contribution in [2.24, 2.45) is 5.92 Å². The van der Waals surface area contributed by atoms with Gasteiger partial charge < -0.3 is 14.3 Å². The van der Waals surface area contributed by atoms with Crippen LogP contribution in [-0.2, 0) is 6.54 Å². The minimum Gasteiger partial charge on any atom is -0.494 e. The van der Waals surface area contributed by atoms with Gasteiger partial charge in [0.2, 0.25) is 0 Å². The molecule has 1 N–H and O–H groups in total. The molecule has 0 saturated heterocycles. The zero-order valence-electron chi connectivity index (χ0n) is 12.0. The average Bonchev–Trinajstić information content (AvgIpc) is 3.07. The summed E-state index contributed by atoms with van der Waals surface area (Å²) < 4.78 is 8.40. The Kier molecular flexibility index (Phi) is 4.10. The zero-order chi connectivity index (χ0) is 13.9. The smallest absolute Gasteiger partial charge is 0.178 e. The molecule has 0 bridgehead atoms.